The molecule has 0 spiro atoms. The molecule has 22 heavy (non-hydrogen) atoms. The van der Waals surface area contributed by atoms with E-state index in [0.29, 0.717) is 13.1 Å². The van der Waals surface area contributed by atoms with Crippen molar-refractivity contribution in [1.82, 2.24) is 10.3 Å². The number of guanidine groups is 1. The Bertz CT molecular complexity index is 701. The van der Waals surface area contributed by atoms with E-state index in [2.05, 4.69) is 14.8 Å². The number of hydrazone groups is 1. The maximum absolute atomic E-state index is 12.5. The first-order chi connectivity index (χ1) is 10.5. The largest absolute Gasteiger partial charge is 0.354 e. The molecular weight excluding hydrogens is 324 g/mol. The van der Waals surface area contributed by atoms with Crippen LogP contribution < -0.4 is 5.32 Å². The fraction of sp³-hybridized carbons (Fsp3) is 0.429. The van der Waals surface area contributed by atoms with Crippen molar-refractivity contribution in [3.63, 3.8) is 0 Å². The first-order valence-corrected chi connectivity index (χ1v) is 8.97. The van der Waals surface area contributed by atoms with Gasteiger partial charge in [0, 0.05) is 18.7 Å². The monoisotopic (exact) mass is 342 g/mol. The molecule has 0 radical (unpaired) electrons. The van der Waals surface area contributed by atoms with E-state index >= 15 is 0 Å². The van der Waals surface area contributed by atoms with Crippen molar-refractivity contribution in [3.8, 4) is 0 Å². The maximum Gasteiger partial charge on any atom is 0.287 e. The smallest absolute Gasteiger partial charge is 0.287 e. The van der Waals surface area contributed by atoms with E-state index in [1.165, 1.54) is 12.1 Å². The highest BCUT2D eigenvalue weighted by atomic mass is 35.5. The van der Waals surface area contributed by atoms with E-state index in [9.17, 15) is 8.42 Å². The van der Waals surface area contributed by atoms with Gasteiger partial charge in [-0.1, -0.05) is 30.7 Å². The van der Waals surface area contributed by atoms with Crippen molar-refractivity contribution in [2.24, 2.45) is 9.50 Å². The van der Waals surface area contributed by atoms with Gasteiger partial charge in [0.25, 0.3) is 10.0 Å². The molecule has 0 atom stereocenters. The molecule has 1 aliphatic rings. The summed E-state index contributed by atoms with van der Waals surface area (Å²) in [7, 11) is -3.89. The molecule has 0 bridgehead atoms. The third kappa shape index (κ3) is 3.78. The van der Waals surface area contributed by atoms with Crippen LogP contribution >= 0.6 is 11.6 Å². The van der Waals surface area contributed by atoms with Gasteiger partial charge in [-0.2, -0.15) is 13.5 Å². The molecule has 0 fully saturated rings. The Morgan fingerprint density at radius 1 is 1.41 bits per heavy atom. The quantitative estimate of drug-likeness (QED) is 0.673. The topological polar surface area (TPSA) is 74.1 Å². The third-order valence-corrected chi connectivity index (χ3v) is 4.95. The predicted octanol–water partition coefficient (Wildman–Crippen LogP) is 2.47. The molecule has 6 nitrogen and oxygen atoms in total. The summed E-state index contributed by atoms with van der Waals surface area (Å²) in [6.07, 6.45) is 1.65. The molecule has 2 rings (SSSR count). The van der Waals surface area contributed by atoms with Crippen molar-refractivity contribution in [2.75, 3.05) is 13.1 Å². The summed E-state index contributed by atoms with van der Waals surface area (Å²) in [4.78, 5) is -0.00837. The van der Waals surface area contributed by atoms with Crippen LogP contribution in [0.3, 0.4) is 0 Å². The summed E-state index contributed by atoms with van der Waals surface area (Å²) in [6, 6.07) is 6.26. The van der Waals surface area contributed by atoms with Crippen LogP contribution in [0.5, 0.6) is 0 Å². The number of nitrogens with one attached hydrogen (secondary N) is 1. The lowest BCUT2D eigenvalue weighted by Gasteiger charge is -2.17. The summed E-state index contributed by atoms with van der Waals surface area (Å²) in [5.74, 6) is 0.228. The third-order valence-electron chi connectivity index (χ3n) is 3.18. The van der Waals surface area contributed by atoms with Crippen LogP contribution in [0, 0.1) is 0 Å². The SMILES string of the molecule is CCN/C(=N\S(=O)(=O)c1ccccc1Cl)N1CCC(CC)=N1. The molecule has 1 aromatic carbocycles. The second-order valence-corrected chi connectivity index (χ2v) is 6.72. The zero-order chi connectivity index (χ0) is 16.2. The van der Waals surface area contributed by atoms with E-state index in [1.807, 2.05) is 13.8 Å². The van der Waals surface area contributed by atoms with Gasteiger partial charge in [0.1, 0.15) is 4.90 Å². The van der Waals surface area contributed by atoms with Crippen LogP contribution in [0.2, 0.25) is 5.02 Å². The highest BCUT2D eigenvalue weighted by Gasteiger charge is 2.23. The Balaban J connectivity index is 2.38. The van der Waals surface area contributed by atoms with Gasteiger partial charge in [-0.05, 0) is 25.5 Å². The lowest BCUT2D eigenvalue weighted by atomic mass is 10.2. The van der Waals surface area contributed by atoms with Gasteiger partial charge in [0.2, 0.25) is 5.96 Å². The maximum atomic E-state index is 12.5. The second-order valence-electron chi connectivity index (χ2n) is 4.74. The lowest BCUT2D eigenvalue weighted by molar-refractivity contribution is 0.471. The minimum absolute atomic E-state index is 0.00837. The Morgan fingerprint density at radius 2 is 2.14 bits per heavy atom. The van der Waals surface area contributed by atoms with Gasteiger partial charge in [-0.3, -0.25) is 0 Å². The number of sulfonamides is 1. The van der Waals surface area contributed by atoms with Gasteiger partial charge < -0.3 is 5.32 Å². The van der Waals surface area contributed by atoms with E-state index in [-0.39, 0.29) is 15.9 Å². The van der Waals surface area contributed by atoms with Crippen LogP contribution in [-0.2, 0) is 10.0 Å². The Kier molecular flexibility index (Phi) is 5.42. The molecular formula is C14H19ClN4O2S. The highest BCUT2D eigenvalue weighted by Crippen LogP contribution is 2.23. The van der Waals surface area contributed by atoms with Crippen LogP contribution in [0.15, 0.2) is 38.7 Å². The number of halogens is 1. The summed E-state index contributed by atoms with van der Waals surface area (Å²) in [5.41, 5.74) is 1.03. The molecule has 0 aliphatic carbocycles. The van der Waals surface area contributed by atoms with E-state index in [1.54, 1.807) is 17.1 Å². The summed E-state index contributed by atoms with van der Waals surface area (Å²) in [5, 5.41) is 9.09. The molecule has 1 aliphatic heterocycles. The number of nitrogens with zero attached hydrogens (tertiary/aromatic N) is 3. The highest BCUT2D eigenvalue weighted by molar-refractivity contribution is 7.90. The van der Waals surface area contributed by atoms with Gasteiger partial charge in [-0.25, -0.2) is 5.01 Å². The fourth-order valence-electron chi connectivity index (χ4n) is 2.05. The standard InChI is InChI=1S/C14H19ClN4O2S/c1-3-11-9-10-19(17-11)14(16-4-2)18-22(20,21)13-8-6-5-7-12(13)15/h5-8H,3-4,9-10H2,1-2H3,(H,16,18). The number of hydrogen-bond donors (Lipinski definition) is 1. The molecule has 0 aromatic heterocycles. The van der Waals surface area contributed by atoms with Crippen LogP contribution in [-0.4, -0.2) is 38.2 Å². The van der Waals surface area contributed by atoms with Gasteiger partial charge in [0.05, 0.1) is 11.6 Å². The molecule has 1 heterocycles. The Morgan fingerprint density at radius 3 is 2.73 bits per heavy atom. The minimum Gasteiger partial charge on any atom is -0.354 e. The van der Waals surface area contributed by atoms with Crippen molar-refractivity contribution in [1.29, 1.82) is 0 Å². The molecule has 0 unspecified atom stereocenters. The average molecular weight is 343 g/mol. The molecule has 0 saturated carbocycles. The second kappa shape index (κ2) is 7.11. The average Bonchev–Trinajstić information content (AvgIpc) is 2.96. The van der Waals surface area contributed by atoms with Crippen molar-refractivity contribution in [2.45, 2.75) is 31.6 Å². The van der Waals surface area contributed by atoms with Crippen LogP contribution in [0.1, 0.15) is 26.7 Å². The molecule has 0 saturated heterocycles. The normalized spacial score (nSPS) is 15.9. The minimum atomic E-state index is -3.89. The zero-order valence-corrected chi connectivity index (χ0v) is 14.2. The van der Waals surface area contributed by atoms with Crippen LogP contribution in [0.4, 0.5) is 0 Å². The molecule has 8 heteroatoms. The first kappa shape index (κ1) is 16.8. The van der Waals surface area contributed by atoms with Crippen molar-refractivity contribution in [3.05, 3.63) is 29.3 Å². The summed E-state index contributed by atoms with van der Waals surface area (Å²) >= 11 is 5.96. The molecule has 1 N–H and O–H groups in total. The lowest BCUT2D eigenvalue weighted by Crippen LogP contribution is -2.37. The fourth-order valence-corrected chi connectivity index (χ4v) is 3.53. The van der Waals surface area contributed by atoms with E-state index < -0.39 is 10.0 Å². The number of rotatable bonds is 4. The molecule has 0 amide bonds. The number of hydrogen-bond acceptors (Lipinski definition) is 3. The van der Waals surface area contributed by atoms with Gasteiger partial charge in [0.15, 0.2) is 0 Å². The van der Waals surface area contributed by atoms with Crippen molar-refractivity contribution < 1.29 is 8.42 Å². The Labute approximate surface area is 135 Å². The molecule has 1 aromatic rings. The summed E-state index contributed by atoms with van der Waals surface area (Å²) < 4.78 is 28.8. The summed E-state index contributed by atoms with van der Waals surface area (Å²) in [6.45, 7) is 5.06. The van der Waals surface area contributed by atoms with Crippen LogP contribution in [0.25, 0.3) is 0 Å². The van der Waals surface area contributed by atoms with E-state index in [4.69, 9.17) is 11.6 Å². The van der Waals surface area contributed by atoms with Crippen molar-refractivity contribution >= 4 is 33.3 Å². The van der Waals surface area contributed by atoms with E-state index in [0.717, 1.165) is 18.6 Å². The zero-order valence-electron chi connectivity index (χ0n) is 12.6. The first-order valence-electron chi connectivity index (χ1n) is 7.15. The van der Waals surface area contributed by atoms with Gasteiger partial charge >= 0.3 is 0 Å². The Hall–Kier alpha value is -1.60. The number of benzene rings is 1. The predicted molar refractivity (Wildman–Crippen MR) is 88.8 cm³/mol. The van der Waals surface area contributed by atoms with Gasteiger partial charge in [-0.15, -0.1) is 4.40 Å². The molecule has 120 valence electrons.